The Kier molecular flexibility index (Phi) is 7.14. The molecule has 6 nitrogen and oxygen atoms in total. The summed E-state index contributed by atoms with van der Waals surface area (Å²) in [5.74, 6) is 1.27. The SMILES string of the molecule is Cc1cccc(COc2cc(C)n(-c3cc(-c4nc(C(C)(C)C)ncc4C)ncc3C)c(=O)c2Br)c1. The molecule has 0 atom stereocenters. The molecule has 0 saturated heterocycles. The number of ether oxygens (including phenoxy) is 1. The molecule has 3 aromatic heterocycles. The van der Waals surface area contributed by atoms with Crippen molar-refractivity contribution in [3.63, 3.8) is 0 Å². The third kappa shape index (κ3) is 5.26. The van der Waals surface area contributed by atoms with Gasteiger partial charge in [-0.2, -0.15) is 0 Å². The molecule has 1 aromatic carbocycles. The van der Waals surface area contributed by atoms with Crippen molar-refractivity contribution >= 4 is 15.9 Å². The first kappa shape index (κ1) is 25.8. The summed E-state index contributed by atoms with van der Waals surface area (Å²) in [6.07, 6.45) is 3.61. The van der Waals surface area contributed by atoms with Gasteiger partial charge in [-0.15, -0.1) is 0 Å². The van der Waals surface area contributed by atoms with Gasteiger partial charge in [0.05, 0.1) is 17.1 Å². The summed E-state index contributed by atoms with van der Waals surface area (Å²) in [5, 5.41) is 0. The topological polar surface area (TPSA) is 69.9 Å². The lowest BCUT2D eigenvalue weighted by Gasteiger charge is -2.19. The zero-order chi connectivity index (χ0) is 26.2. The molecule has 36 heavy (non-hydrogen) atoms. The number of aromatic nitrogens is 4. The Morgan fingerprint density at radius 3 is 2.39 bits per heavy atom. The molecule has 0 radical (unpaired) electrons. The quantitative estimate of drug-likeness (QED) is 0.283. The monoisotopic (exact) mass is 546 g/mol. The second-order valence-corrected chi connectivity index (χ2v) is 11.0. The van der Waals surface area contributed by atoms with Crippen molar-refractivity contribution in [2.24, 2.45) is 0 Å². The summed E-state index contributed by atoms with van der Waals surface area (Å²) in [5.41, 5.74) is 6.62. The van der Waals surface area contributed by atoms with E-state index in [-0.39, 0.29) is 11.0 Å². The number of hydrogen-bond donors (Lipinski definition) is 0. The summed E-state index contributed by atoms with van der Waals surface area (Å²) in [6, 6.07) is 11.9. The molecular formula is C29H31BrN4O2. The number of aryl methyl sites for hydroxylation is 4. The zero-order valence-electron chi connectivity index (χ0n) is 21.8. The van der Waals surface area contributed by atoms with Crippen LogP contribution in [-0.2, 0) is 12.0 Å². The van der Waals surface area contributed by atoms with Gasteiger partial charge in [-0.05, 0) is 66.4 Å². The predicted molar refractivity (Wildman–Crippen MR) is 147 cm³/mol. The van der Waals surface area contributed by atoms with Crippen LogP contribution in [-0.4, -0.2) is 19.5 Å². The van der Waals surface area contributed by atoms with Crippen LogP contribution >= 0.6 is 15.9 Å². The third-order valence-corrected chi connectivity index (χ3v) is 6.71. The van der Waals surface area contributed by atoms with Crippen molar-refractivity contribution in [3.05, 3.63) is 97.4 Å². The van der Waals surface area contributed by atoms with Gasteiger partial charge < -0.3 is 4.74 Å². The molecule has 4 aromatic rings. The Morgan fingerprint density at radius 2 is 1.69 bits per heavy atom. The molecule has 0 aliphatic heterocycles. The third-order valence-electron chi connectivity index (χ3n) is 5.98. The Morgan fingerprint density at radius 1 is 0.972 bits per heavy atom. The average Bonchev–Trinajstić information content (AvgIpc) is 2.81. The molecule has 7 heteroatoms. The zero-order valence-corrected chi connectivity index (χ0v) is 23.4. The van der Waals surface area contributed by atoms with Crippen LogP contribution in [0, 0.1) is 27.7 Å². The summed E-state index contributed by atoms with van der Waals surface area (Å²) < 4.78 is 8.09. The fourth-order valence-electron chi connectivity index (χ4n) is 3.99. The first-order valence-corrected chi connectivity index (χ1v) is 12.7. The second-order valence-electron chi connectivity index (χ2n) is 10.2. The van der Waals surface area contributed by atoms with Gasteiger partial charge in [0.2, 0.25) is 0 Å². The van der Waals surface area contributed by atoms with Crippen molar-refractivity contribution in [3.8, 4) is 22.8 Å². The highest BCUT2D eigenvalue weighted by Gasteiger charge is 2.21. The molecular weight excluding hydrogens is 516 g/mol. The second kappa shape index (κ2) is 9.97. The van der Waals surface area contributed by atoms with E-state index in [1.807, 2.05) is 64.2 Å². The number of pyridine rings is 2. The lowest BCUT2D eigenvalue weighted by atomic mass is 9.95. The molecule has 186 valence electrons. The summed E-state index contributed by atoms with van der Waals surface area (Å²) in [6.45, 7) is 14.5. The van der Waals surface area contributed by atoms with Gasteiger partial charge >= 0.3 is 0 Å². The standard InChI is InChI=1S/C29H31BrN4O2/c1-17-9-8-10-21(11-17)16-36-24-12-20(4)34(27(35)25(24)30)23-13-22(31-14-18(23)2)26-19(3)15-32-28(33-26)29(5,6)7/h8-15H,16H2,1-7H3. The van der Waals surface area contributed by atoms with Crippen LogP contribution in [0.25, 0.3) is 17.1 Å². The van der Waals surface area contributed by atoms with Crippen LogP contribution in [0.5, 0.6) is 5.75 Å². The van der Waals surface area contributed by atoms with Gasteiger partial charge in [-0.1, -0.05) is 50.6 Å². The molecule has 0 aliphatic carbocycles. The van der Waals surface area contributed by atoms with E-state index in [9.17, 15) is 4.79 Å². The highest BCUT2D eigenvalue weighted by Crippen LogP contribution is 2.29. The van der Waals surface area contributed by atoms with Crippen LogP contribution in [0.4, 0.5) is 0 Å². The average molecular weight is 547 g/mol. The maximum Gasteiger partial charge on any atom is 0.273 e. The van der Waals surface area contributed by atoms with Gasteiger partial charge in [0.1, 0.15) is 22.7 Å². The van der Waals surface area contributed by atoms with Crippen molar-refractivity contribution in [1.29, 1.82) is 0 Å². The van der Waals surface area contributed by atoms with Crippen LogP contribution in [0.15, 0.2) is 58.1 Å². The summed E-state index contributed by atoms with van der Waals surface area (Å²) in [7, 11) is 0. The molecule has 0 saturated carbocycles. The number of nitrogens with zero attached hydrogens (tertiary/aromatic N) is 4. The first-order chi connectivity index (χ1) is 17.0. The highest BCUT2D eigenvalue weighted by atomic mass is 79.9. The van der Waals surface area contributed by atoms with Crippen LogP contribution < -0.4 is 10.3 Å². The van der Waals surface area contributed by atoms with Crippen molar-refractivity contribution < 1.29 is 4.74 Å². The smallest absolute Gasteiger partial charge is 0.273 e. The minimum Gasteiger partial charge on any atom is -0.487 e. The lowest BCUT2D eigenvalue weighted by molar-refractivity contribution is 0.302. The van der Waals surface area contributed by atoms with E-state index >= 15 is 0 Å². The van der Waals surface area contributed by atoms with E-state index in [1.54, 1.807) is 10.8 Å². The lowest BCUT2D eigenvalue weighted by Crippen LogP contribution is -2.23. The fourth-order valence-corrected chi connectivity index (χ4v) is 4.40. The van der Waals surface area contributed by atoms with Gasteiger partial charge in [0.15, 0.2) is 0 Å². The van der Waals surface area contributed by atoms with E-state index < -0.39 is 0 Å². The Labute approximate surface area is 220 Å². The van der Waals surface area contributed by atoms with E-state index in [4.69, 9.17) is 9.72 Å². The Balaban J connectivity index is 1.75. The van der Waals surface area contributed by atoms with Gasteiger partial charge in [0.25, 0.3) is 5.56 Å². The van der Waals surface area contributed by atoms with Crippen LogP contribution in [0.1, 0.15) is 54.5 Å². The molecule has 0 amide bonds. The number of rotatable bonds is 5. The van der Waals surface area contributed by atoms with Gasteiger partial charge in [0, 0.05) is 29.6 Å². The minimum absolute atomic E-state index is 0.190. The molecule has 0 bridgehead atoms. The highest BCUT2D eigenvalue weighted by molar-refractivity contribution is 9.10. The van der Waals surface area contributed by atoms with E-state index in [0.717, 1.165) is 39.6 Å². The van der Waals surface area contributed by atoms with Gasteiger partial charge in [-0.3, -0.25) is 14.3 Å². The molecule has 0 fully saturated rings. The summed E-state index contributed by atoms with van der Waals surface area (Å²) in [4.78, 5) is 27.5. The van der Waals surface area contributed by atoms with E-state index in [2.05, 4.69) is 52.7 Å². The maximum atomic E-state index is 13.5. The van der Waals surface area contributed by atoms with Crippen LogP contribution in [0.2, 0.25) is 0 Å². The maximum absolute atomic E-state index is 13.5. The minimum atomic E-state index is -0.192. The molecule has 0 unspecified atom stereocenters. The molecule has 3 heterocycles. The van der Waals surface area contributed by atoms with E-state index in [0.29, 0.717) is 22.5 Å². The number of benzene rings is 1. The number of hydrogen-bond acceptors (Lipinski definition) is 5. The number of halogens is 1. The van der Waals surface area contributed by atoms with Crippen LogP contribution in [0.3, 0.4) is 0 Å². The molecule has 0 aliphatic rings. The molecule has 0 spiro atoms. The van der Waals surface area contributed by atoms with Crippen molar-refractivity contribution in [2.45, 2.75) is 60.5 Å². The Bertz CT molecular complexity index is 1500. The first-order valence-electron chi connectivity index (χ1n) is 11.9. The Hall–Kier alpha value is -3.32. The van der Waals surface area contributed by atoms with Gasteiger partial charge in [-0.25, -0.2) is 9.97 Å². The normalized spacial score (nSPS) is 11.6. The summed E-state index contributed by atoms with van der Waals surface area (Å²) >= 11 is 3.49. The largest absolute Gasteiger partial charge is 0.487 e. The van der Waals surface area contributed by atoms with E-state index in [1.165, 1.54) is 5.56 Å². The predicted octanol–water partition coefficient (Wildman–Crippen LogP) is 6.56. The molecule has 0 N–H and O–H groups in total. The fraction of sp³-hybridized carbons (Fsp3) is 0.310. The molecule has 4 rings (SSSR count). The van der Waals surface area contributed by atoms with Crippen molar-refractivity contribution in [1.82, 2.24) is 19.5 Å². The van der Waals surface area contributed by atoms with Crippen molar-refractivity contribution in [2.75, 3.05) is 0 Å².